The van der Waals surface area contributed by atoms with Crippen molar-refractivity contribution < 1.29 is 14.3 Å². The lowest BCUT2D eigenvalue weighted by Gasteiger charge is -2.11. The standard InChI is InChI=1S/C19H22N4O3/c1-5-26-17-9-13(6-7-16(17)25-4)19(24)22-15-8-14-10-21-23(12(2)3)18(14)20-11-15/h6-12H,5H2,1-4H3,(H,22,24). The Morgan fingerprint density at radius 2 is 2.04 bits per heavy atom. The van der Waals surface area contributed by atoms with E-state index in [1.807, 2.05) is 31.5 Å². The van der Waals surface area contributed by atoms with E-state index in [1.165, 1.54) is 0 Å². The molecular weight excluding hydrogens is 332 g/mol. The van der Waals surface area contributed by atoms with Crippen molar-refractivity contribution >= 4 is 22.6 Å². The van der Waals surface area contributed by atoms with Gasteiger partial charge in [0.15, 0.2) is 17.1 Å². The summed E-state index contributed by atoms with van der Waals surface area (Å²) in [5.41, 5.74) is 1.88. The molecule has 7 nitrogen and oxygen atoms in total. The van der Waals surface area contributed by atoms with Gasteiger partial charge in [0.25, 0.3) is 5.91 Å². The molecule has 2 heterocycles. The quantitative estimate of drug-likeness (QED) is 0.731. The second kappa shape index (κ2) is 7.43. The fourth-order valence-electron chi connectivity index (χ4n) is 2.68. The van der Waals surface area contributed by atoms with Gasteiger partial charge in [-0.1, -0.05) is 0 Å². The van der Waals surface area contributed by atoms with Crippen molar-refractivity contribution in [1.29, 1.82) is 0 Å². The monoisotopic (exact) mass is 354 g/mol. The average molecular weight is 354 g/mol. The number of methoxy groups -OCH3 is 1. The second-order valence-electron chi connectivity index (χ2n) is 6.07. The summed E-state index contributed by atoms with van der Waals surface area (Å²) in [5.74, 6) is 0.882. The Hall–Kier alpha value is -3.09. The predicted molar refractivity (Wildman–Crippen MR) is 100 cm³/mol. The number of carbonyl (C=O) groups is 1. The lowest BCUT2D eigenvalue weighted by Crippen LogP contribution is -2.12. The maximum atomic E-state index is 12.6. The predicted octanol–water partition coefficient (Wildman–Crippen LogP) is 3.67. The number of nitrogens with one attached hydrogen (secondary N) is 1. The van der Waals surface area contributed by atoms with Gasteiger partial charge in [-0.2, -0.15) is 5.10 Å². The summed E-state index contributed by atoms with van der Waals surface area (Å²) in [6.07, 6.45) is 3.38. The molecule has 3 rings (SSSR count). The number of hydrogen-bond donors (Lipinski definition) is 1. The highest BCUT2D eigenvalue weighted by atomic mass is 16.5. The highest BCUT2D eigenvalue weighted by molar-refractivity contribution is 6.05. The maximum Gasteiger partial charge on any atom is 0.255 e. The van der Waals surface area contributed by atoms with E-state index in [9.17, 15) is 4.79 Å². The molecule has 0 bridgehead atoms. The number of ether oxygens (including phenoxy) is 2. The number of carbonyl (C=O) groups excluding carboxylic acids is 1. The minimum atomic E-state index is -0.244. The van der Waals surface area contributed by atoms with Crippen LogP contribution in [0.3, 0.4) is 0 Å². The van der Waals surface area contributed by atoms with Crippen LogP contribution < -0.4 is 14.8 Å². The van der Waals surface area contributed by atoms with Crippen LogP contribution in [0, 0.1) is 0 Å². The molecule has 3 aromatic rings. The number of fused-ring (bicyclic) bond motifs is 1. The van der Waals surface area contributed by atoms with E-state index in [0.29, 0.717) is 29.4 Å². The fourth-order valence-corrected chi connectivity index (χ4v) is 2.68. The molecule has 1 aromatic carbocycles. The Balaban J connectivity index is 1.83. The molecule has 0 spiro atoms. The van der Waals surface area contributed by atoms with E-state index in [-0.39, 0.29) is 11.9 Å². The fraction of sp³-hybridized carbons (Fsp3) is 0.316. The highest BCUT2D eigenvalue weighted by Gasteiger charge is 2.13. The topological polar surface area (TPSA) is 78.3 Å². The first kappa shape index (κ1) is 17.7. The van der Waals surface area contributed by atoms with E-state index in [1.54, 1.807) is 37.7 Å². The summed E-state index contributed by atoms with van der Waals surface area (Å²) in [6.45, 7) is 6.46. The molecule has 2 aromatic heterocycles. The molecule has 1 amide bonds. The van der Waals surface area contributed by atoms with E-state index < -0.39 is 0 Å². The molecular formula is C19H22N4O3. The third-order valence-corrected chi connectivity index (χ3v) is 3.91. The molecule has 0 saturated heterocycles. The van der Waals surface area contributed by atoms with Crippen LogP contribution in [0.4, 0.5) is 5.69 Å². The average Bonchev–Trinajstić information content (AvgIpc) is 3.05. The van der Waals surface area contributed by atoms with E-state index in [2.05, 4.69) is 15.4 Å². The summed E-state index contributed by atoms with van der Waals surface area (Å²) in [5, 5.41) is 8.07. The van der Waals surface area contributed by atoms with Crippen LogP contribution in [0.2, 0.25) is 0 Å². The third kappa shape index (κ3) is 3.46. The van der Waals surface area contributed by atoms with Crippen LogP contribution in [0.5, 0.6) is 11.5 Å². The number of amides is 1. The Bertz CT molecular complexity index is 934. The number of rotatable bonds is 6. The summed E-state index contributed by atoms with van der Waals surface area (Å²) in [7, 11) is 1.57. The SMILES string of the molecule is CCOc1cc(C(=O)Nc2cnc3c(cnn3C(C)C)c2)ccc1OC. The van der Waals surface area contributed by atoms with E-state index in [0.717, 1.165) is 11.0 Å². The van der Waals surface area contributed by atoms with Gasteiger partial charge in [-0.3, -0.25) is 4.79 Å². The molecule has 0 radical (unpaired) electrons. The minimum absolute atomic E-state index is 0.219. The van der Waals surface area contributed by atoms with Gasteiger partial charge >= 0.3 is 0 Å². The van der Waals surface area contributed by atoms with Gasteiger partial charge in [0.05, 0.1) is 31.8 Å². The summed E-state index contributed by atoms with van der Waals surface area (Å²) < 4.78 is 12.6. The molecule has 7 heteroatoms. The van der Waals surface area contributed by atoms with Crippen molar-refractivity contribution in [2.75, 3.05) is 19.0 Å². The van der Waals surface area contributed by atoms with Crippen molar-refractivity contribution in [1.82, 2.24) is 14.8 Å². The zero-order valence-electron chi connectivity index (χ0n) is 15.3. The summed E-state index contributed by atoms with van der Waals surface area (Å²) >= 11 is 0. The van der Waals surface area contributed by atoms with Gasteiger partial charge in [-0.05, 0) is 45.0 Å². The molecule has 0 fully saturated rings. The van der Waals surface area contributed by atoms with Crippen LogP contribution in [0.25, 0.3) is 11.0 Å². The van der Waals surface area contributed by atoms with Crippen LogP contribution >= 0.6 is 0 Å². The molecule has 0 unspecified atom stereocenters. The number of nitrogens with zero attached hydrogens (tertiary/aromatic N) is 3. The van der Waals surface area contributed by atoms with E-state index >= 15 is 0 Å². The molecule has 26 heavy (non-hydrogen) atoms. The summed E-state index contributed by atoms with van der Waals surface area (Å²) in [4.78, 5) is 17.0. The molecule has 0 saturated carbocycles. The van der Waals surface area contributed by atoms with Crippen LogP contribution in [-0.2, 0) is 0 Å². The largest absolute Gasteiger partial charge is 0.493 e. The molecule has 0 atom stereocenters. The van der Waals surface area contributed by atoms with Gasteiger partial charge in [-0.25, -0.2) is 9.67 Å². The first-order valence-corrected chi connectivity index (χ1v) is 8.49. The van der Waals surface area contributed by atoms with Gasteiger partial charge in [0.1, 0.15) is 0 Å². The number of pyridine rings is 1. The first-order valence-electron chi connectivity index (χ1n) is 8.49. The number of benzene rings is 1. The molecule has 1 N–H and O–H groups in total. The van der Waals surface area contributed by atoms with Crippen molar-refractivity contribution in [2.24, 2.45) is 0 Å². The van der Waals surface area contributed by atoms with Crippen LogP contribution in [0.15, 0.2) is 36.7 Å². The Kier molecular flexibility index (Phi) is 5.06. The maximum absolute atomic E-state index is 12.6. The van der Waals surface area contributed by atoms with Crippen LogP contribution in [0.1, 0.15) is 37.2 Å². The van der Waals surface area contributed by atoms with Gasteiger partial charge < -0.3 is 14.8 Å². The molecule has 0 aliphatic heterocycles. The molecule has 0 aliphatic rings. The summed E-state index contributed by atoms with van der Waals surface area (Å²) in [6, 6.07) is 7.16. The lowest BCUT2D eigenvalue weighted by atomic mass is 10.2. The lowest BCUT2D eigenvalue weighted by molar-refractivity contribution is 0.102. The first-order chi connectivity index (χ1) is 12.5. The third-order valence-electron chi connectivity index (χ3n) is 3.91. The van der Waals surface area contributed by atoms with Gasteiger partial charge in [0.2, 0.25) is 0 Å². The zero-order chi connectivity index (χ0) is 18.7. The molecule has 0 aliphatic carbocycles. The zero-order valence-corrected chi connectivity index (χ0v) is 15.3. The Morgan fingerprint density at radius 1 is 1.23 bits per heavy atom. The van der Waals surface area contributed by atoms with Gasteiger partial charge in [0, 0.05) is 17.0 Å². The normalized spacial score (nSPS) is 11.0. The smallest absolute Gasteiger partial charge is 0.255 e. The van der Waals surface area contributed by atoms with Crippen molar-refractivity contribution in [3.05, 3.63) is 42.2 Å². The van der Waals surface area contributed by atoms with Crippen LogP contribution in [-0.4, -0.2) is 34.4 Å². The second-order valence-corrected chi connectivity index (χ2v) is 6.07. The van der Waals surface area contributed by atoms with Gasteiger partial charge in [-0.15, -0.1) is 0 Å². The Morgan fingerprint density at radius 3 is 2.73 bits per heavy atom. The van der Waals surface area contributed by atoms with Crippen molar-refractivity contribution in [3.63, 3.8) is 0 Å². The molecule has 136 valence electrons. The highest BCUT2D eigenvalue weighted by Crippen LogP contribution is 2.28. The Labute approximate surface area is 151 Å². The minimum Gasteiger partial charge on any atom is -0.493 e. The number of anilines is 1. The number of aromatic nitrogens is 3. The number of hydrogen-bond acceptors (Lipinski definition) is 5. The van der Waals surface area contributed by atoms with Crippen molar-refractivity contribution in [2.45, 2.75) is 26.8 Å². The van der Waals surface area contributed by atoms with E-state index in [4.69, 9.17) is 9.47 Å². The van der Waals surface area contributed by atoms with Crippen molar-refractivity contribution in [3.8, 4) is 11.5 Å².